The van der Waals surface area contributed by atoms with Crippen LogP contribution in [0.15, 0.2) is 0 Å². The van der Waals surface area contributed by atoms with Crippen LogP contribution in [0.25, 0.3) is 0 Å². The first-order valence-electron chi connectivity index (χ1n) is 6.88. The molecule has 1 saturated carbocycles. The van der Waals surface area contributed by atoms with Gasteiger partial charge in [0, 0.05) is 6.04 Å². The van der Waals surface area contributed by atoms with Crippen molar-refractivity contribution < 1.29 is 0 Å². The second kappa shape index (κ2) is 6.02. The highest BCUT2D eigenvalue weighted by Crippen LogP contribution is 2.35. The van der Waals surface area contributed by atoms with E-state index in [2.05, 4.69) is 33.0 Å². The molecular formula is C14H30N2. The summed E-state index contributed by atoms with van der Waals surface area (Å²) in [5, 5.41) is 3.73. The van der Waals surface area contributed by atoms with E-state index in [4.69, 9.17) is 5.73 Å². The molecule has 0 aliphatic heterocycles. The predicted molar refractivity (Wildman–Crippen MR) is 71.4 cm³/mol. The minimum atomic E-state index is 0.534. The Balaban J connectivity index is 2.31. The van der Waals surface area contributed by atoms with Crippen LogP contribution in [0.3, 0.4) is 0 Å². The molecule has 0 heterocycles. The maximum absolute atomic E-state index is 5.80. The topological polar surface area (TPSA) is 38.0 Å². The van der Waals surface area contributed by atoms with E-state index in [1.54, 1.807) is 0 Å². The minimum Gasteiger partial charge on any atom is -0.330 e. The summed E-state index contributed by atoms with van der Waals surface area (Å²) in [7, 11) is 0. The lowest BCUT2D eigenvalue weighted by molar-refractivity contribution is 0.190. The molecule has 1 aliphatic rings. The van der Waals surface area contributed by atoms with E-state index >= 15 is 0 Å². The van der Waals surface area contributed by atoms with Gasteiger partial charge in [0.1, 0.15) is 0 Å². The molecule has 2 heteroatoms. The van der Waals surface area contributed by atoms with Crippen molar-refractivity contribution in [2.75, 3.05) is 13.1 Å². The zero-order chi connectivity index (χ0) is 12.2. The Hall–Kier alpha value is -0.0800. The summed E-state index contributed by atoms with van der Waals surface area (Å²) in [6, 6.07) is 0.719. The van der Waals surface area contributed by atoms with Gasteiger partial charge in [-0.3, -0.25) is 0 Å². The smallest absolute Gasteiger partial charge is 0.00722 e. The number of hydrogen-bond donors (Lipinski definition) is 2. The van der Waals surface area contributed by atoms with E-state index in [-0.39, 0.29) is 0 Å². The first-order valence-corrected chi connectivity index (χ1v) is 6.88. The third-order valence-corrected chi connectivity index (χ3v) is 4.12. The van der Waals surface area contributed by atoms with Gasteiger partial charge in [-0.1, -0.05) is 34.1 Å². The lowest BCUT2D eigenvalue weighted by Crippen LogP contribution is -2.41. The van der Waals surface area contributed by atoms with Crippen molar-refractivity contribution in [3.8, 4) is 0 Å². The number of nitrogens with two attached hydrogens (primary N) is 1. The molecule has 0 spiro atoms. The van der Waals surface area contributed by atoms with Crippen molar-refractivity contribution in [2.24, 2.45) is 23.0 Å². The van der Waals surface area contributed by atoms with Gasteiger partial charge in [-0.05, 0) is 49.6 Å². The summed E-state index contributed by atoms with van der Waals surface area (Å²) in [5.74, 6) is 1.32. The molecule has 96 valence electrons. The second-order valence-corrected chi connectivity index (χ2v) is 6.61. The van der Waals surface area contributed by atoms with E-state index in [1.807, 2.05) is 0 Å². The fraction of sp³-hybridized carbons (Fsp3) is 1.00. The van der Waals surface area contributed by atoms with E-state index < -0.39 is 0 Å². The zero-order valence-electron chi connectivity index (χ0n) is 11.6. The zero-order valence-corrected chi connectivity index (χ0v) is 11.6. The average molecular weight is 226 g/mol. The summed E-state index contributed by atoms with van der Waals surface area (Å²) in [4.78, 5) is 0. The van der Waals surface area contributed by atoms with Gasteiger partial charge < -0.3 is 11.1 Å². The third-order valence-electron chi connectivity index (χ3n) is 4.12. The SMILES string of the molecule is CC(C)C(CN)CNC1CCCC(C)(C)C1. The standard InChI is InChI=1S/C14H30N2/c1-11(2)12(9-15)10-16-13-6-5-7-14(3,4)8-13/h11-13,16H,5-10,15H2,1-4H3. The monoisotopic (exact) mass is 226 g/mol. The van der Waals surface area contributed by atoms with Gasteiger partial charge in [-0.25, -0.2) is 0 Å². The Labute approximate surface area is 101 Å². The quantitative estimate of drug-likeness (QED) is 0.756. The predicted octanol–water partition coefficient (Wildman–Crippen LogP) is 2.78. The molecule has 0 aromatic carbocycles. The first kappa shape index (κ1) is 14.0. The largest absolute Gasteiger partial charge is 0.330 e. The Morgan fingerprint density at radius 2 is 2.06 bits per heavy atom. The summed E-state index contributed by atoms with van der Waals surface area (Å²) in [6.45, 7) is 11.2. The Morgan fingerprint density at radius 3 is 2.56 bits per heavy atom. The Kier molecular flexibility index (Phi) is 5.26. The van der Waals surface area contributed by atoms with E-state index in [9.17, 15) is 0 Å². The van der Waals surface area contributed by atoms with Crippen molar-refractivity contribution in [2.45, 2.75) is 59.4 Å². The fourth-order valence-electron chi connectivity index (χ4n) is 2.78. The molecular weight excluding hydrogens is 196 g/mol. The maximum Gasteiger partial charge on any atom is 0.00722 e. The molecule has 1 aliphatic carbocycles. The molecule has 0 saturated heterocycles. The van der Waals surface area contributed by atoms with Crippen LogP contribution < -0.4 is 11.1 Å². The lowest BCUT2D eigenvalue weighted by atomic mass is 9.75. The van der Waals surface area contributed by atoms with Crippen LogP contribution in [0.1, 0.15) is 53.4 Å². The van der Waals surface area contributed by atoms with Crippen LogP contribution in [-0.2, 0) is 0 Å². The van der Waals surface area contributed by atoms with Gasteiger partial charge in [0.05, 0.1) is 0 Å². The average Bonchev–Trinajstić information content (AvgIpc) is 2.16. The molecule has 0 amide bonds. The lowest BCUT2D eigenvalue weighted by Gasteiger charge is -2.36. The normalized spacial score (nSPS) is 27.0. The van der Waals surface area contributed by atoms with Crippen molar-refractivity contribution >= 4 is 0 Å². The van der Waals surface area contributed by atoms with Crippen LogP contribution >= 0.6 is 0 Å². The number of nitrogens with one attached hydrogen (secondary N) is 1. The van der Waals surface area contributed by atoms with Crippen LogP contribution in [0.5, 0.6) is 0 Å². The van der Waals surface area contributed by atoms with Gasteiger partial charge >= 0.3 is 0 Å². The van der Waals surface area contributed by atoms with Gasteiger partial charge in [0.2, 0.25) is 0 Å². The molecule has 2 atom stereocenters. The highest BCUT2D eigenvalue weighted by atomic mass is 14.9. The molecule has 3 N–H and O–H groups in total. The van der Waals surface area contributed by atoms with Crippen molar-refractivity contribution in [1.82, 2.24) is 5.32 Å². The van der Waals surface area contributed by atoms with Crippen LogP contribution in [-0.4, -0.2) is 19.1 Å². The minimum absolute atomic E-state index is 0.534. The molecule has 1 fully saturated rings. The van der Waals surface area contributed by atoms with E-state index in [0.29, 0.717) is 17.3 Å². The van der Waals surface area contributed by atoms with Crippen molar-refractivity contribution in [3.63, 3.8) is 0 Å². The third kappa shape index (κ3) is 4.42. The van der Waals surface area contributed by atoms with E-state index in [1.165, 1.54) is 25.7 Å². The molecule has 2 unspecified atom stereocenters. The maximum atomic E-state index is 5.80. The molecule has 0 aromatic heterocycles. The van der Waals surface area contributed by atoms with Gasteiger partial charge in [0.25, 0.3) is 0 Å². The first-order chi connectivity index (χ1) is 7.44. The molecule has 0 aromatic rings. The van der Waals surface area contributed by atoms with Crippen LogP contribution in [0, 0.1) is 17.3 Å². The molecule has 0 radical (unpaired) electrons. The van der Waals surface area contributed by atoms with Gasteiger partial charge in [-0.15, -0.1) is 0 Å². The number of hydrogen-bond acceptors (Lipinski definition) is 2. The molecule has 16 heavy (non-hydrogen) atoms. The van der Waals surface area contributed by atoms with Crippen LogP contribution in [0.4, 0.5) is 0 Å². The van der Waals surface area contributed by atoms with Gasteiger partial charge in [0.15, 0.2) is 0 Å². The Morgan fingerprint density at radius 1 is 1.38 bits per heavy atom. The highest BCUT2D eigenvalue weighted by Gasteiger charge is 2.28. The summed E-state index contributed by atoms with van der Waals surface area (Å²) < 4.78 is 0. The second-order valence-electron chi connectivity index (χ2n) is 6.61. The summed E-state index contributed by atoms with van der Waals surface area (Å²) >= 11 is 0. The summed E-state index contributed by atoms with van der Waals surface area (Å²) in [5.41, 5.74) is 6.34. The summed E-state index contributed by atoms with van der Waals surface area (Å²) in [6.07, 6.45) is 5.43. The molecule has 0 bridgehead atoms. The Bertz CT molecular complexity index is 199. The highest BCUT2D eigenvalue weighted by molar-refractivity contribution is 4.84. The van der Waals surface area contributed by atoms with Gasteiger partial charge in [-0.2, -0.15) is 0 Å². The molecule has 2 nitrogen and oxygen atoms in total. The number of rotatable bonds is 5. The fourth-order valence-corrected chi connectivity index (χ4v) is 2.78. The molecule has 1 rings (SSSR count). The van der Waals surface area contributed by atoms with Crippen molar-refractivity contribution in [1.29, 1.82) is 0 Å². The van der Waals surface area contributed by atoms with Crippen molar-refractivity contribution in [3.05, 3.63) is 0 Å². The van der Waals surface area contributed by atoms with Crippen LogP contribution in [0.2, 0.25) is 0 Å². The van der Waals surface area contributed by atoms with E-state index in [0.717, 1.165) is 19.1 Å².